The van der Waals surface area contributed by atoms with Crippen molar-refractivity contribution in [2.45, 2.75) is 38.0 Å². The molecule has 18 heavy (non-hydrogen) atoms. The summed E-state index contributed by atoms with van der Waals surface area (Å²) in [5, 5.41) is 10.4. The van der Waals surface area contributed by atoms with Crippen molar-refractivity contribution >= 4 is 11.8 Å². The molecular weight excluding hydrogens is 251 g/mol. The number of hydrogen-bond acceptors (Lipinski definition) is 3. The van der Waals surface area contributed by atoms with Gasteiger partial charge in [0.15, 0.2) is 11.6 Å². The second-order valence-corrected chi connectivity index (χ2v) is 5.85. The Balaban J connectivity index is 2.49. The predicted molar refractivity (Wildman–Crippen MR) is 74.9 cm³/mol. The van der Waals surface area contributed by atoms with E-state index in [4.69, 9.17) is 4.74 Å². The first-order chi connectivity index (χ1) is 8.56. The molecule has 102 valence electrons. The Labute approximate surface area is 113 Å². The fourth-order valence-corrected chi connectivity index (χ4v) is 2.47. The van der Waals surface area contributed by atoms with Gasteiger partial charge in [0, 0.05) is 11.0 Å². The number of aliphatic hydroxyl groups excluding tert-OH is 1. The third-order valence-corrected chi connectivity index (χ3v) is 4.32. The summed E-state index contributed by atoms with van der Waals surface area (Å²) in [6.45, 7) is 4.27. The Morgan fingerprint density at radius 2 is 2.17 bits per heavy atom. The van der Waals surface area contributed by atoms with Gasteiger partial charge >= 0.3 is 0 Å². The van der Waals surface area contributed by atoms with Crippen molar-refractivity contribution in [3.63, 3.8) is 0 Å². The summed E-state index contributed by atoms with van der Waals surface area (Å²) in [6.07, 6.45) is 1.13. The first-order valence-electron chi connectivity index (χ1n) is 6.18. The van der Waals surface area contributed by atoms with Gasteiger partial charge in [-0.15, -0.1) is 0 Å². The predicted octanol–water partition coefficient (Wildman–Crippen LogP) is 3.27. The van der Waals surface area contributed by atoms with E-state index in [9.17, 15) is 9.50 Å². The van der Waals surface area contributed by atoms with Gasteiger partial charge in [0.1, 0.15) is 0 Å². The molecule has 0 radical (unpaired) electrons. The summed E-state index contributed by atoms with van der Waals surface area (Å²) < 4.78 is 18.3. The molecule has 0 aliphatic carbocycles. The van der Waals surface area contributed by atoms with Crippen molar-refractivity contribution in [1.29, 1.82) is 0 Å². The summed E-state index contributed by atoms with van der Waals surface area (Å²) in [5.74, 6) is 0.543. The fourth-order valence-electron chi connectivity index (χ4n) is 1.56. The number of methoxy groups -OCH3 is 1. The van der Waals surface area contributed by atoms with E-state index in [1.807, 2.05) is 0 Å². The van der Waals surface area contributed by atoms with Crippen LogP contribution in [0.5, 0.6) is 5.75 Å². The van der Waals surface area contributed by atoms with Gasteiger partial charge < -0.3 is 9.84 Å². The molecule has 0 fully saturated rings. The summed E-state index contributed by atoms with van der Waals surface area (Å²) in [4.78, 5) is 0. The topological polar surface area (TPSA) is 29.5 Å². The van der Waals surface area contributed by atoms with E-state index in [2.05, 4.69) is 13.8 Å². The Kier molecular flexibility index (Phi) is 6.50. The minimum atomic E-state index is -0.434. The molecule has 0 aromatic heterocycles. The lowest BCUT2D eigenvalue weighted by Gasteiger charge is -2.14. The van der Waals surface area contributed by atoms with Crippen molar-refractivity contribution in [3.05, 3.63) is 29.6 Å². The van der Waals surface area contributed by atoms with Crippen molar-refractivity contribution in [3.8, 4) is 5.75 Å². The average Bonchev–Trinajstić information content (AvgIpc) is 2.36. The molecule has 0 spiro atoms. The van der Waals surface area contributed by atoms with Crippen LogP contribution in [0.3, 0.4) is 0 Å². The highest BCUT2D eigenvalue weighted by Crippen LogP contribution is 2.20. The quantitative estimate of drug-likeness (QED) is 0.826. The van der Waals surface area contributed by atoms with E-state index in [1.54, 1.807) is 23.9 Å². The Hall–Kier alpha value is -0.740. The smallest absolute Gasteiger partial charge is 0.165 e. The molecular formula is C14H21FO2S. The highest BCUT2D eigenvalue weighted by Gasteiger charge is 2.10. The Bertz CT molecular complexity index is 371. The van der Waals surface area contributed by atoms with E-state index in [-0.39, 0.29) is 11.6 Å². The largest absolute Gasteiger partial charge is 0.494 e. The maximum atomic E-state index is 13.5. The molecule has 0 bridgehead atoms. The normalized spacial score (nSPS) is 14.3. The number of hydrogen-bond donors (Lipinski definition) is 1. The third kappa shape index (κ3) is 4.86. The van der Waals surface area contributed by atoms with Crippen molar-refractivity contribution in [2.75, 3.05) is 12.9 Å². The SMILES string of the molecule is CCC(C)SCC(O)Cc1ccc(OC)c(F)c1. The van der Waals surface area contributed by atoms with Gasteiger partial charge in [-0.05, 0) is 30.5 Å². The molecule has 0 heterocycles. The molecule has 2 nitrogen and oxygen atoms in total. The van der Waals surface area contributed by atoms with Crippen LogP contribution >= 0.6 is 11.8 Å². The van der Waals surface area contributed by atoms with E-state index < -0.39 is 6.10 Å². The van der Waals surface area contributed by atoms with Crippen molar-refractivity contribution in [1.82, 2.24) is 0 Å². The first kappa shape index (κ1) is 15.3. The molecule has 1 rings (SSSR count). The second kappa shape index (κ2) is 7.64. The fraction of sp³-hybridized carbons (Fsp3) is 0.571. The van der Waals surface area contributed by atoms with Crippen LogP contribution in [0.25, 0.3) is 0 Å². The van der Waals surface area contributed by atoms with Crippen LogP contribution in [-0.4, -0.2) is 29.3 Å². The van der Waals surface area contributed by atoms with Crippen LogP contribution in [0.4, 0.5) is 4.39 Å². The molecule has 0 amide bonds. The van der Waals surface area contributed by atoms with Crippen LogP contribution < -0.4 is 4.74 Å². The number of thioether (sulfide) groups is 1. The van der Waals surface area contributed by atoms with Crippen molar-refractivity contribution in [2.24, 2.45) is 0 Å². The van der Waals surface area contributed by atoms with Gasteiger partial charge in [-0.2, -0.15) is 11.8 Å². The molecule has 1 aromatic rings. The monoisotopic (exact) mass is 272 g/mol. The van der Waals surface area contributed by atoms with Crippen LogP contribution in [-0.2, 0) is 6.42 Å². The second-order valence-electron chi connectivity index (χ2n) is 4.38. The van der Waals surface area contributed by atoms with Gasteiger partial charge in [0.2, 0.25) is 0 Å². The summed E-state index contributed by atoms with van der Waals surface area (Å²) >= 11 is 1.75. The van der Waals surface area contributed by atoms with Crippen molar-refractivity contribution < 1.29 is 14.2 Å². The van der Waals surface area contributed by atoms with Crippen LogP contribution in [0.15, 0.2) is 18.2 Å². The van der Waals surface area contributed by atoms with Gasteiger partial charge in [-0.1, -0.05) is 19.9 Å². The Morgan fingerprint density at radius 1 is 1.44 bits per heavy atom. The minimum Gasteiger partial charge on any atom is -0.494 e. The van der Waals surface area contributed by atoms with E-state index in [1.165, 1.54) is 13.2 Å². The van der Waals surface area contributed by atoms with Crippen LogP contribution in [0.2, 0.25) is 0 Å². The molecule has 0 saturated heterocycles. The number of halogens is 1. The average molecular weight is 272 g/mol. The highest BCUT2D eigenvalue weighted by atomic mass is 32.2. The van der Waals surface area contributed by atoms with Gasteiger partial charge in [-0.3, -0.25) is 0 Å². The van der Waals surface area contributed by atoms with E-state index in [0.29, 0.717) is 17.4 Å². The van der Waals surface area contributed by atoms with Gasteiger partial charge in [0.25, 0.3) is 0 Å². The zero-order valence-corrected chi connectivity index (χ0v) is 12.0. The third-order valence-electron chi connectivity index (χ3n) is 2.84. The van der Waals surface area contributed by atoms with Gasteiger partial charge in [0.05, 0.1) is 13.2 Å². The Morgan fingerprint density at radius 3 is 2.72 bits per heavy atom. The maximum Gasteiger partial charge on any atom is 0.165 e. The molecule has 0 aliphatic heterocycles. The van der Waals surface area contributed by atoms with E-state index >= 15 is 0 Å². The number of rotatable bonds is 7. The molecule has 0 saturated carbocycles. The molecule has 1 N–H and O–H groups in total. The number of benzene rings is 1. The zero-order valence-electron chi connectivity index (χ0n) is 11.1. The lowest BCUT2D eigenvalue weighted by atomic mass is 10.1. The lowest BCUT2D eigenvalue weighted by molar-refractivity contribution is 0.200. The molecule has 1 aromatic carbocycles. The first-order valence-corrected chi connectivity index (χ1v) is 7.23. The maximum absolute atomic E-state index is 13.5. The molecule has 2 atom stereocenters. The van der Waals surface area contributed by atoms with Crippen LogP contribution in [0, 0.1) is 5.82 Å². The molecule has 0 aliphatic rings. The number of ether oxygens (including phenoxy) is 1. The summed E-state index contributed by atoms with van der Waals surface area (Å²) in [7, 11) is 1.44. The van der Waals surface area contributed by atoms with Gasteiger partial charge in [-0.25, -0.2) is 4.39 Å². The lowest BCUT2D eigenvalue weighted by Crippen LogP contribution is -2.15. The number of aliphatic hydroxyl groups is 1. The standard InChI is InChI=1S/C14H21FO2S/c1-4-10(2)18-9-12(16)7-11-5-6-14(17-3)13(15)8-11/h5-6,8,10,12,16H,4,7,9H2,1-3H3. The summed E-state index contributed by atoms with van der Waals surface area (Å²) in [5.41, 5.74) is 0.797. The molecule has 2 unspecified atom stereocenters. The minimum absolute atomic E-state index is 0.238. The molecule has 4 heteroatoms. The van der Waals surface area contributed by atoms with Crippen LogP contribution in [0.1, 0.15) is 25.8 Å². The highest BCUT2D eigenvalue weighted by molar-refractivity contribution is 7.99. The zero-order chi connectivity index (χ0) is 13.5. The van der Waals surface area contributed by atoms with E-state index in [0.717, 1.165) is 12.0 Å². The summed E-state index contributed by atoms with van der Waals surface area (Å²) in [6, 6.07) is 4.81.